The number of amides is 1. The predicted octanol–water partition coefficient (Wildman–Crippen LogP) is 2.49. The van der Waals surface area contributed by atoms with Gasteiger partial charge in [0.15, 0.2) is 0 Å². The third-order valence-corrected chi connectivity index (χ3v) is 4.44. The van der Waals surface area contributed by atoms with Gasteiger partial charge in [-0.2, -0.15) is 0 Å². The number of β-amino-alcohol motifs (C(OH)–C–C–N with tert-alkyl or cyclic N) is 1. The Morgan fingerprint density at radius 1 is 1.29 bits per heavy atom. The number of carbonyl (C=O) groups excluding carboxylic acids is 1. The number of benzene rings is 2. The molecule has 1 fully saturated rings. The number of hydrogen-bond acceptors (Lipinski definition) is 3. The molecule has 1 aliphatic rings. The van der Waals surface area contributed by atoms with Gasteiger partial charge in [-0.1, -0.05) is 24.3 Å². The summed E-state index contributed by atoms with van der Waals surface area (Å²) in [5.41, 5.74) is 2.55. The van der Waals surface area contributed by atoms with Crippen LogP contribution in [0, 0.1) is 5.82 Å². The Hall–Kier alpha value is -2.24. The number of nitrogens with zero attached hydrogens (tertiary/aromatic N) is 1. The Bertz CT molecular complexity index is 718. The highest BCUT2D eigenvalue weighted by molar-refractivity contribution is 5.93. The predicted molar refractivity (Wildman–Crippen MR) is 90.0 cm³/mol. The van der Waals surface area contributed by atoms with Gasteiger partial charge in [0.05, 0.1) is 6.10 Å². The molecule has 2 aromatic rings. The molecule has 1 heterocycles. The van der Waals surface area contributed by atoms with Crippen LogP contribution in [-0.4, -0.2) is 35.6 Å². The van der Waals surface area contributed by atoms with Crippen LogP contribution < -0.4 is 5.32 Å². The Kier molecular flexibility index (Phi) is 4.92. The van der Waals surface area contributed by atoms with Crippen molar-refractivity contribution in [3.05, 3.63) is 71.0 Å². The summed E-state index contributed by atoms with van der Waals surface area (Å²) in [5.74, 6) is -0.375. The molecule has 0 bridgehead atoms. The first-order valence-electron chi connectivity index (χ1n) is 8.05. The third kappa shape index (κ3) is 3.63. The summed E-state index contributed by atoms with van der Waals surface area (Å²) < 4.78 is 13.5. The highest BCUT2D eigenvalue weighted by atomic mass is 19.1. The second kappa shape index (κ2) is 7.11. The van der Waals surface area contributed by atoms with Crippen LogP contribution in [0.5, 0.6) is 0 Å². The number of aliphatic hydroxyl groups excluding tert-OH is 1. The van der Waals surface area contributed by atoms with E-state index in [1.54, 1.807) is 25.2 Å². The van der Waals surface area contributed by atoms with E-state index in [9.17, 15) is 14.3 Å². The van der Waals surface area contributed by atoms with Crippen LogP contribution in [0.15, 0.2) is 48.5 Å². The number of rotatable bonds is 4. The zero-order chi connectivity index (χ0) is 17.1. The van der Waals surface area contributed by atoms with E-state index in [-0.39, 0.29) is 17.8 Å². The molecule has 0 saturated carbocycles. The van der Waals surface area contributed by atoms with Crippen molar-refractivity contribution >= 4 is 5.91 Å². The maximum atomic E-state index is 13.5. The Labute approximate surface area is 140 Å². The van der Waals surface area contributed by atoms with Crippen molar-refractivity contribution in [2.75, 3.05) is 13.6 Å². The topological polar surface area (TPSA) is 52.6 Å². The van der Waals surface area contributed by atoms with Crippen LogP contribution >= 0.6 is 0 Å². The van der Waals surface area contributed by atoms with Gasteiger partial charge in [0.2, 0.25) is 0 Å². The van der Waals surface area contributed by atoms with Gasteiger partial charge in [-0.3, -0.25) is 9.69 Å². The minimum absolute atomic E-state index is 0.00526. The molecule has 0 radical (unpaired) electrons. The fourth-order valence-electron chi connectivity index (χ4n) is 3.26. The van der Waals surface area contributed by atoms with Crippen molar-refractivity contribution < 1.29 is 14.3 Å². The number of hydrogen-bond donors (Lipinski definition) is 2. The molecule has 2 N–H and O–H groups in total. The van der Waals surface area contributed by atoms with Gasteiger partial charge < -0.3 is 10.4 Å². The molecular formula is C19H21FN2O2. The molecule has 5 heteroatoms. The van der Waals surface area contributed by atoms with Crippen molar-refractivity contribution in [2.45, 2.75) is 25.1 Å². The molecule has 0 aliphatic carbocycles. The molecule has 3 rings (SSSR count). The lowest BCUT2D eigenvalue weighted by molar-refractivity contribution is 0.0963. The number of aliphatic hydroxyl groups is 1. The molecule has 0 spiro atoms. The minimum atomic E-state index is -0.414. The van der Waals surface area contributed by atoms with Crippen LogP contribution in [0.3, 0.4) is 0 Å². The van der Waals surface area contributed by atoms with E-state index in [0.29, 0.717) is 25.1 Å². The zero-order valence-electron chi connectivity index (χ0n) is 13.6. The maximum Gasteiger partial charge on any atom is 0.251 e. The number of nitrogens with one attached hydrogen (secondary N) is 1. The molecule has 0 aromatic heterocycles. The van der Waals surface area contributed by atoms with Crippen molar-refractivity contribution in [3.8, 4) is 0 Å². The van der Waals surface area contributed by atoms with E-state index in [1.165, 1.54) is 12.1 Å². The lowest BCUT2D eigenvalue weighted by atomic mass is 10.0. The first-order valence-corrected chi connectivity index (χ1v) is 8.05. The van der Waals surface area contributed by atoms with Crippen molar-refractivity contribution in [1.29, 1.82) is 0 Å². The SMILES string of the molecule is CNC(=O)c1ccc(CN2C[C@@H](O)C[C@@H]2c2cccc(F)c2)cc1. The smallest absolute Gasteiger partial charge is 0.251 e. The number of carbonyl (C=O) groups is 1. The molecule has 0 unspecified atom stereocenters. The van der Waals surface area contributed by atoms with Gasteiger partial charge >= 0.3 is 0 Å². The molecular weight excluding hydrogens is 307 g/mol. The summed E-state index contributed by atoms with van der Waals surface area (Å²) in [6, 6.07) is 14.0. The summed E-state index contributed by atoms with van der Waals surface area (Å²) in [6.45, 7) is 1.20. The fourth-order valence-corrected chi connectivity index (χ4v) is 3.26. The standard InChI is InChI=1S/C19H21FN2O2/c1-21-19(24)14-7-5-13(6-8-14)11-22-12-17(23)10-18(22)15-3-2-4-16(20)9-15/h2-9,17-18,23H,10-12H2,1H3,(H,21,24)/t17-,18+/m0/s1. The van der Waals surface area contributed by atoms with Crippen LogP contribution in [0.1, 0.15) is 33.9 Å². The summed E-state index contributed by atoms with van der Waals surface area (Å²) in [5, 5.41) is 12.6. The summed E-state index contributed by atoms with van der Waals surface area (Å²) >= 11 is 0. The quantitative estimate of drug-likeness (QED) is 0.907. The number of halogens is 1. The van der Waals surface area contributed by atoms with Gasteiger partial charge in [-0.15, -0.1) is 0 Å². The van der Waals surface area contributed by atoms with E-state index in [0.717, 1.165) is 11.1 Å². The van der Waals surface area contributed by atoms with Gasteiger partial charge in [-0.05, 0) is 41.8 Å². The van der Waals surface area contributed by atoms with Crippen molar-refractivity contribution in [1.82, 2.24) is 10.2 Å². The van der Waals surface area contributed by atoms with Crippen LogP contribution in [-0.2, 0) is 6.54 Å². The van der Waals surface area contributed by atoms with Crippen molar-refractivity contribution in [2.24, 2.45) is 0 Å². The van der Waals surface area contributed by atoms with E-state index in [2.05, 4.69) is 10.2 Å². The normalized spacial score (nSPS) is 21.0. The Morgan fingerprint density at radius 2 is 2.04 bits per heavy atom. The molecule has 126 valence electrons. The van der Waals surface area contributed by atoms with Crippen LogP contribution in [0.25, 0.3) is 0 Å². The zero-order valence-corrected chi connectivity index (χ0v) is 13.6. The Morgan fingerprint density at radius 3 is 2.71 bits per heavy atom. The average molecular weight is 328 g/mol. The largest absolute Gasteiger partial charge is 0.392 e. The first-order chi connectivity index (χ1) is 11.6. The lowest BCUT2D eigenvalue weighted by Crippen LogP contribution is -2.24. The highest BCUT2D eigenvalue weighted by Gasteiger charge is 2.32. The molecule has 24 heavy (non-hydrogen) atoms. The van der Waals surface area contributed by atoms with Crippen molar-refractivity contribution in [3.63, 3.8) is 0 Å². The maximum absolute atomic E-state index is 13.5. The Balaban J connectivity index is 1.76. The third-order valence-electron chi connectivity index (χ3n) is 4.44. The molecule has 1 amide bonds. The fraction of sp³-hybridized carbons (Fsp3) is 0.316. The molecule has 1 saturated heterocycles. The second-order valence-electron chi connectivity index (χ2n) is 6.17. The van der Waals surface area contributed by atoms with Crippen LogP contribution in [0.4, 0.5) is 4.39 Å². The van der Waals surface area contributed by atoms with Gasteiger partial charge in [-0.25, -0.2) is 4.39 Å². The highest BCUT2D eigenvalue weighted by Crippen LogP contribution is 2.33. The van der Waals surface area contributed by atoms with Gasteiger partial charge in [0, 0.05) is 31.7 Å². The minimum Gasteiger partial charge on any atom is -0.392 e. The summed E-state index contributed by atoms with van der Waals surface area (Å²) in [6.07, 6.45) is 0.183. The van der Waals surface area contributed by atoms with Crippen LogP contribution in [0.2, 0.25) is 0 Å². The second-order valence-corrected chi connectivity index (χ2v) is 6.17. The molecule has 4 nitrogen and oxygen atoms in total. The average Bonchev–Trinajstić information content (AvgIpc) is 2.95. The first kappa shape index (κ1) is 16.6. The summed E-state index contributed by atoms with van der Waals surface area (Å²) in [7, 11) is 1.60. The van der Waals surface area contributed by atoms with E-state index < -0.39 is 6.10 Å². The molecule has 2 aromatic carbocycles. The van der Waals surface area contributed by atoms with Gasteiger partial charge in [0.25, 0.3) is 5.91 Å². The van der Waals surface area contributed by atoms with E-state index in [4.69, 9.17) is 0 Å². The monoisotopic (exact) mass is 328 g/mol. The molecule has 1 aliphatic heterocycles. The van der Waals surface area contributed by atoms with E-state index >= 15 is 0 Å². The van der Waals surface area contributed by atoms with E-state index in [1.807, 2.05) is 18.2 Å². The number of likely N-dealkylation sites (tertiary alicyclic amines) is 1. The molecule has 2 atom stereocenters. The van der Waals surface area contributed by atoms with Gasteiger partial charge in [0.1, 0.15) is 5.82 Å². The summed E-state index contributed by atoms with van der Waals surface area (Å²) in [4.78, 5) is 13.7. The lowest BCUT2D eigenvalue weighted by Gasteiger charge is -2.24.